The largest absolute Gasteiger partial charge is 0.423 e. The molecule has 1 saturated heterocycles. The van der Waals surface area contributed by atoms with Gasteiger partial charge in [-0.3, -0.25) is 10.00 Å². The molecule has 0 radical (unpaired) electrons. The third kappa shape index (κ3) is 5.51. The number of aryl methyl sites for hydroxylation is 1. The van der Waals surface area contributed by atoms with E-state index in [9.17, 15) is 13.2 Å². The number of anilines is 3. The van der Waals surface area contributed by atoms with Gasteiger partial charge in [0, 0.05) is 66.5 Å². The van der Waals surface area contributed by atoms with E-state index in [0.29, 0.717) is 47.2 Å². The number of hydrogen-bond acceptors (Lipinski definition) is 7. The average Bonchev–Trinajstić information content (AvgIpc) is 3.49. The predicted molar refractivity (Wildman–Crippen MR) is 139 cm³/mol. The minimum Gasteiger partial charge on any atom is -0.423 e. The highest BCUT2D eigenvalue weighted by Crippen LogP contribution is 2.40. The van der Waals surface area contributed by atoms with Gasteiger partial charge in [-0.05, 0) is 38.0 Å². The Kier molecular flexibility index (Phi) is 6.31. The number of benzene rings is 1. The molecule has 1 aromatic carbocycles. The number of hydrogen-bond donors (Lipinski definition) is 3. The number of rotatable bonds is 7. The molecule has 13 heteroatoms. The molecule has 2 aliphatic rings. The van der Waals surface area contributed by atoms with E-state index in [1.54, 1.807) is 12.1 Å². The van der Waals surface area contributed by atoms with Crippen LogP contribution in [0.2, 0.25) is 5.02 Å². The van der Waals surface area contributed by atoms with Gasteiger partial charge in [0.05, 0.1) is 11.6 Å². The van der Waals surface area contributed by atoms with Crippen LogP contribution in [0.5, 0.6) is 11.8 Å². The van der Waals surface area contributed by atoms with Crippen molar-refractivity contribution in [2.45, 2.75) is 31.9 Å². The van der Waals surface area contributed by atoms with Crippen molar-refractivity contribution in [3.05, 3.63) is 46.7 Å². The lowest BCUT2D eigenvalue weighted by Crippen LogP contribution is -2.49. The molecule has 0 atom stereocenters. The van der Waals surface area contributed by atoms with Crippen molar-refractivity contribution < 1.29 is 17.9 Å². The van der Waals surface area contributed by atoms with Gasteiger partial charge in [-0.1, -0.05) is 11.6 Å². The van der Waals surface area contributed by atoms with Gasteiger partial charge in [0.1, 0.15) is 17.4 Å². The Morgan fingerprint density at radius 3 is 2.61 bits per heavy atom. The van der Waals surface area contributed by atoms with E-state index in [1.807, 2.05) is 30.0 Å². The zero-order valence-corrected chi connectivity index (χ0v) is 21.3. The second kappa shape index (κ2) is 9.66. The van der Waals surface area contributed by atoms with Crippen LogP contribution in [0.15, 0.2) is 30.3 Å². The number of nitrogens with zero attached hydrogens (tertiary/aromatic N) is 5. The fourth-order valence-corrected chi connectivity index (χ4v) is 4.93. The summed E-state index contributed by atoms with van der Waals surface area (Å²) in [6.45, 7) is 2.32. The second-order valence-electron chi connectivity index (χ2n) is 9.77. The van der Waals surface area contributed by atoms with Crippen LogP contribution in [0.4, 0.5) is 30.6 Å². The number of piperazine rings is 1. The van der Waals surface area contributed by atoms with Gasteiger partial charge in [0.25, 0.3) is 0 Å². The second-order valence-corrected chi connectivity index (χ2v) is 10.2. The van der Waals surface area contributed by atoms with Crippen LogP contribution < -0.4 is 15.0 Å². The summed E-state index contributed by atoms with van der Waals surface area (Å²) >= 11 is 6.63. The molecule has 3 N–H and O–H groups in total. The number of ether oxygens (including phenoxy) is 1. The first-order chi connectivity index (χ1) is 18.2. The van der Waals surface area contributed by atoms with Crippen LogP contribution in [-0.4, -0.2) is 68.9 Å². The normalized spacial score (nSPS) is 16.8. The van der Waals surface area contributed by atoms with Gasteiger partial charge >= 0.3 is 12.2 Å². The summed E-state index contributed by atoms with van der Waals surface area (Å²) in [5.41, 5.74) is 2.93. The molecule has 2 fully saturated rings. The third-order valence-electron chi connectivity index (χ3n) is 6.70. The standard InChI is InChI=1S/C25H26ClF3N8O/c1-14-10-16-17(30-14)4-5-19(23(16)26)38-24-32-20(31-21-11-18(34-35-21)15-2-3-15)12-22(33-24)37-8-6-36(7-9-37)13-25(27,28)29/h4-5,10-12,15,30H,2-3,6-9,13H2,1H3,(H2,31,32,33,34,35). The van der Waals surface area contributed by atoms with E-state index in [-0.39, 0.29) is 19.1 Å². The van der Waals surface area contributed by atoms with Crippen molar-refractivity contribution in [1.29, 1.82) is 0 Å². The van der Waals surface area contributed by atoms with Crippen LogP contribution in [0.3, 0.4) is 0 Å². The SMILES string of the molecule is Cc1cc2c(Cl)c(Oc3nc(Nc4cc(C5CC5)[nH]n4)cc(N4CCN(CC(F)(F)F)CC4)n3)ccc2[nH]1. The van der Waals surface area contributed by atoms with Crippen molar-refractivity contribution in [1.82, 2.24) is 30.0 Å². The van der Waals surface area contributed by atoms with E-state index in [1.165, 1.54) is 4.90 Å². The lowest BCUT2D eigenvalue weighted by atomic mass is 10.2. The van der Waals surface area contributed by atoms with Crippen LogP contribution in [0.1, 0.15) is 30.1 Å². The summed E-state index contributed by atoms with van der Waals surface area (Å²) in [5, 5.41) is 11.8. The molecule has 4 heterocycles. The van der Waals surface area contributed by atoms with Crippen molar-refractivity contribution in [2.24, 2.45) is 0 Å². The van der Waals surface area contributed by atoms with Gasteiger partial charge in [-0.2, -0.15) is 28.2 Å². The Labute approximate surface area is 221 Å². The molecule has 1 aliphatic carbocycles. The quantitative estimate of drug-likeness (QED) is 0.272. The van der Waals surface area contributed by atoms with Crippen molar-refractivity contribution in [3.8, 4) is 11.8 Å². The Hall–Kier alpha value is -3.51. The Bertz CT molecular complexity index is 1460. The molecule has 1 aliphatic heterocycles. The molecule has 4 aromatic rings. The molecule has 0 spiro atoms. The summed E-state index contributed by atoms with van der Waals surface area (Å²) < 4.78 is 44.6. The number of halogens is 4. The maximum Gasteiger partial charge on any atom is 0.401 e. The highest BCUT2D eigenvalue weighted by molar-refractivity contribution is 6.37. The third-order valence-corrected chi connectivity index (χ3v) is 7.09. The van der Waals surface area contributed by atoms with Crippen LogP contribution in [-0.2, 0) is 0 Å². The molecule has 6 rings (SSSR count). The van der Waals surface area contributed by atoms with Gasteiger partial charge in [0.15, 0.2) is 5.82 Å². The zero-order chi connectivity index (χ0) is 26.4. The monoisotopic (exact) mass is 546 g/mol. The van der Waals surface area contributed by atoms with Crippen LogP contribution in [0, 0.1) is 6.92 Å². The summed E-state index contributed by atoms with van der Waals surface area (Å²) in [4.78, 5) is 15.7. The highest BCUT2D eigenvalue weighted by atomic mass is 35.5. The molecule has 200 valence electrons. The minimum absolute atomic E-state index is 0.0641. The summed E-state index contributed by atoms with van der Waals surface area (Å²) in [7, 11) is 0. The molecule has 0 unspecified atom stereocenters. The van der Waals surface area contributed by atoms with Gasteiger partial charge in [-0.15, -0.1) is 0 Å². The molecule has 0 amide bonds. The summed E-state index contributed by atoms with van der Waals surface area (Å²) in [5.74, 6) is 2.51. The first-order valence-corrected chi connectivity index (χ1v) is 12.8. The lowest BCUT2D eigenvalue weighted by molar-refractivity contribution is -0.146. The molecule has 9 nitrogen and oxygen atoms in total. The number of alkyl halides is 3. The number of aromatic nitrogens is 5. The van der Waals surface area contributed by atoms with Gasteiger partial charge in [-0.25, -0.2) is 0 Å². The Balaban J connectivity index is 1.27. The Morgan fingerprint density at radius 1 is 1.08 bits per heavy atom. The molecular weight excluding hydrogens is 521 g/mol. The number of fused-ring (bicyclic) bond motifs is 1. The maximum absolute atomic E-state index is 12.8. The average molecular weight is 547 g/mol. The van der Waals surface area contributed by atoms with Crippen LogP contribution >= 0.6 is 11.6 Å². The van der Waals surface area contributed by atoms with E-state index < -0.39 is 12.7 Å². The van der Waals surface area contributed by atoms with Gasteiger partial charge in [0.2, 0.25) is 0 Å². The first-order valence-electron chi connectivity index (χ1n) is 12.4. The predicted octanol–water partition coefficient (Wildman–Crippen LogP) is 5.74. The molecule has 38 heavy (non-hydrogen) atoms. The van der Waals surface area contributed by atoms with Gasteiger partial charge < -0.3 is 19.9 Å². The molecule has 0 bridgehead atoms. The maximum atomic E-state index is 12.8. The topological polar surface area (TPSA) is 98.0 Å². The van der Waals surface area contributed by atoms with Crippen LogP contribution in [0.25, 0.3) is 10.9 Å². The fraction of sp³-hybridized carbons (Fsp3) is 0.400. The van der Waals surface area contributed by atoms with Crippen molar-refractivity contribution in [3.63, 3.8) is 0 Å². The molecule has 3 aromatic heterocycles. The minimum atomic E-state index is -4.23. The smallest absolute Gasteiger partial charge is 0.401 e. The lowest BCUT2D eigenvalue weighted by Gasteiger charge is -2.35. The number of aromatic amines is 2. The Morgan fingerprint density at radius 2 is 1.87 bits per heavy atom. The van der Waals surface area contributed by atoms with E-state index >= 15 is 0 Å². The highest BCUT2D eigenvalue weighted by Gasteiger charge is 2.32. The van der Waals surface area contributed by atoms with E-state index in [2.05, 4.69) is 30.5 Å². The van der Waals surface area contributed by atoms with E-state index in [0.717, 1.165) is 35.1 Å². The van der Waals surface area contributed by atoms with Crippen molar-refractivity contribution >= 4 is 40.0 Å². The van der Waals surface area contributed by atoms with Crippen molar-refractivity contribution in [2.75, 3.05) is 42.9 Å². The first kappa shape index (κ1) is 24.8. The fourth-order valence-electron chi connectivity index (χ4n) is 4.67. The molecule has 1 saturated carbocycles. The molecular formula is C25H26ClF3N8O. The zero-order valence-electron chi connectivity index (χ0n) is 20.6. The number of H-pyrrole nitrogens is 2. The summed E-state index contributed by atoms with van der Waals surface area (Å²) in [6, 6.07) is 9.32. The summed E-state index contributed by atoms with van der Waals surface area (Å²) in [6.07, 6.45) is -1.94. The number of nitrogens with one attached hydrogen (secondary N) is 3. The van der Waals surface area contributed by atoms with E-state index in [4.69, 9.17) is 16.3 Å².